The molecule has 0 aliphatic rings. The molecule has 2 rings (SSSR count). The molecule has 0 saturated heterocycles. The number of aryl methyl sites for hydroxylation is 1. The fraction of sp³-hybridized carbons (Fsp3) is 0.250. The van der Waals surface area contributed by atoms with Crippen molar-refractivity contribution < 1.29 is 4.74 Å². The lowest BCUT2D eigenvalue weighted by Crippen LogP contribution is -1.98. The summed E-state index contributed by atoms with van der Waals surface area (Å²) in [5.41, 5.74) is 3.74. The van der Waals surface area contributed by atoms with E-state index < -0.39 is 0 Å². The summed E-state index contributed by atoms with van der Waals surface area (Å²) in [7, 11) is 0. The molecule has 0 fully saturated rings. The molecule has 2 aromatic carbocycles. The van der Waals surface area contributed by atoms with Crippen LogP contribution in [0.25, 0.3) is 0 Å². The lowest BCUT2D eigenvalue weighted by Gasteiger charge is -2.10. The fourth-order valence-corrected chi connectivity index (χ4v) is 2.25. The average Bonchev–Trinajstić information content (AvgIpc) is 2.45. The average molecular weight is 305 g/mol. The zero-order valence-electron chi connectivity index (χ0n) is 10.5. The normalized spacial score (nSPS) is 10.3. The Morgan fingerprint density at radius 3 is 2.56 bits per heavy atom. The molecule has 0 bridgehead atoms. The van der Waals surface area contributed by atoms with Gasteiger partial charge in [-0.05, 0) is 29.2 Å². The molecule has 0 N–H and O–H groups in total. The Bertz CT molecular complexity index is 508. The standard InChI is InChI=1S/C16H17BrO/c1-2-15-8-3-4-9-16(15)18-12-14-7-5-6-13(10-14)11-17/h3-10H,2,11-12H2,1H3. The molecule has 0 heterocycles. The third-order valence-corrected chi connectivity index (χ3v) is 3.54. The monoisotopic (exact) mass is 304 g/mol. The predicted molar refractivity (Wildman–Crippen MR) is 79.2 cm³/mol. The van der Waals surface area contributed by atoms with Crippen LogP contribution < -0.4 is 4.74 Å². The van der Waals surface area contributed by atoms with E-state index in [1.807, 2.05) is 12.1 Å². The summed E-state index contributed by atoms with van der Waals surface area (Å²) in [6.45, 7) is 2.77. The van der Waals surface area contributed by atoms with Gasteiger partial charge in [0.2, 0.25) is 0 Å². The highest BCUT2D eigenvalue weighted by Gasteiger charge is 2.01. The van der Waals surface area contributed by atoms with Crippen molar-refractivity contribution >= 4 is 15.9 Å². The van der Waals surface area contributed by atoms with E-state index in [2.05, 4.69) is 59.3 Å². The van der Waals surface area contributed by atoms with E-state index in [4.69, 9.17) is 4.74 Å². The highest BCUT2D eigenvalue weighted by Crippen LogP contribution is 2.20. The van der Waals surface area contributed by atoms with Gasteiger partial charge in [0.15, 0.2) is 0 Å². The van der Waals surface area contributed by atoms with Gasteiger partial charge in [0, 0.05) is 5.33 Å². The maximum atomic E-state index is 5.90. The van der Waals surface area contributed by atoms with Gasteiger partial charge in [-0.1, -0.05) is 65.3 Å². The minimum atomic E-state index is 0.623. The van der Waals surface area contributed by atoms with Crippen LogP contribution >= 0.6 is 15.9 Å². The van der Waals surface area contributed by atoms with Gasteiger partial charge in [-0.25, -0.2) is 0 Å². The summed E-state index contributed by atoms with van der Waals surface area (Å²) >= 11 is 3.47. The minimum Gasteiger partial charge on any atom is -0.489 e. The molecule has 0 aromatic heterocycles. The Labute approximate surface area is 117 Å². The molecule has 0 spiro atoms. The van der Waals surface area contributed by atoms with Crippen LogP contribution in [-0.4, -0.2) is 0 Å². The van der Waals surface area contributed by atoms with E-state index in [0.29, 0.717) is 6.61 Å². The SMILES string of the molecule is CCc1ccccc1OCc1cccc(CBr)c1. The summed E-state index contributed by atoms with van der Waals surface area (Å²) in [6.07, 6.45) is 0.998. The smallest absolute Gasteiger partial charge is 0.122 e. The Balaban J connectivity index is 2.06. The van der Waals surface area contributed by atoms with Crippen molar-refractivity contribution in [2.24, 2.45) is 0 Å². The molecular formula is C16H17BrO. The highest BCUT2D eigenvalue weighted by atomic mass is 79.9. The summed E-state index contributed by atoms with van der Waals surface area (Å²) < 4.78 is 5.90. The second-order valence-corrected chi connectivity index (χ2v) is 4.76. The first-order valence-electron chi connectivity index (χ1n) is 6.18. The van der Waals surface area contributed by atoms with Crippen molar-refractivity contribution in [2.45, 2.75) is 25.3 Å². The van der Waals surface area contributed by atoms with Crippen LogP contribution in [0.3, 0.4) is 0 Å². The third-order valence-electron chi connectivity index (χ3n) is 2.89. The highest BCUT2D eigenvalue weighted by molar-refractivity contribution is 9.08. The van der Waals surface area contributed by atoms with Gasteiger partial charge < -0.3 is 4.74 Å². The van der Waals surface area contributed by atoms with Gasteiger partial charge in [0.25, 0.3) is 0 Å². The van der Waals surface area contributed by atoms with Crippen molar-refractivity contribution in [3.63, 3.8) is 0 Å². The lowest BCUT2D eigenvalue weighted by atomic mass is 10.1. The van der Waals surface area contributed by atoms with E-state index in [1.54, 1.807) is 0 Å². The largest absolute Gasteiger partial charge is 0.489 e. The van der Waals surface area contributed by atoms with E-state index in [9.17, 15) is 0 Å². The summed E-state index contributed by atoms with van der Waals surface area (Å²) in [6, 6.07) is 16.7. The summed E-state index contributed by atoms with van der Waals surface area (Å²) in [4.78, 5) is 0. The van der Waals surface area contributed by atoms with Gasteiger partial charge in [-0.2, -0.15) is 0 Å². The first-order valence-corrected chi connectivity index (χ1v) is 7.30. The van der Waals surface area contributed by atoms with Crippen LogP contribution in [0, 0.1) is 0 Å². The van der Waals surface area contributed by atoms with Crippen molar-refractivity contribution in [1.82, 2.24) is 0 Å². The second-order valence-electron chi connectivity index (χ2n) is 4.20. The van der Waals surface area contributed by atoms with E-state index in [0.717, 1.165) is 17.5 Å². The van der Waals surface area contributed by atoms with Crippen molar-refractivity contribution in [2.75, 3.05) is 0 Å². The van der Waals surface area contributed by atoms with Crippen molar-refractivity contribution in [3.05, 3.63) is 65.2 Å². The summed E-state index contributed by atoms with van der Waals surface area (Å²) in [5, 5.41) is 0.881. The van der Waals surface area contributed by atoms with Gasteiger partial charge in [-0.15, -0.1) is 0 Å². The quantitative estimate of drug-likeness (QED) is 0.726. The second kappa shape index (κ2) is 6.60. The number of alkyl halides is 1. The molecule has 94 valence electrons. The van der Waals surface area contributed by atoms with Crippen molar-refractivity contribution in [3.8, 4) is 5.75 Å². The molecule has 0 aliphatic carbocycles. The molecule has 1 nitrogen and oxygen atoms in total. The van der Waals surface area contributed by atoms with Crippen LogP contribution in [0.2, 0.25) is 0 Å². The number of hydrogen-bond donors (Lipinski definition) is 0. The fourth-order valence-electron chi connectivity index (χ4n) is 1.90. The topological polar surface area (TPSA) is 9.23 Å². The molecule has 2 heteroatoms. The first kappa shape index (κ1) is 13.2. The molecule has 0 aliphatic heterocycles. The Morgan fingerprint density at radius 1 is 1.00 bits per heavy atom. The van der Waals surface area contributed by atoms with Crippen LogP contribution in [-0.2, 0) is 18.4 Å². The van der Waals surface area contributed by atoms with Gasteiger partial charge >= 0.3 is 0 Å². The van der Waals surface area contributed by atoms with Crippen molar-refractivity contribution in [1.29, 1.82) is 0 Å². The number of hydrogen-bond acceptors (Lipinski definition) is 1. The zero-order chi connectivity index (χ0) is 12.8. The van der Waals surface area contributed by atoms with Gasteiger partial charge in [0.1, 0.15) is 12.4 Å². The number of benzene rings is 2. The molecule has 0 atom stereocenters. The minimum absolute atomic E-state index is 0.623. The van der Waals surface area contributed by atoms with Crippen LogP contribution in [0.15, 0.2) is 48.5 Å². The van der Waals surface area contributed by atoms with Crippen LogP contribution in [0.4, 0.5) is 0 Å². The Kier molecular flexibility index (Phi) is 4.82. The molecule has 0 radical (unpaired) electrons. The predicted octanol–water partition coefficient (Wildman–Crippen LogP) is 4.72. The third kappa shape index (κ3) is 3.36. The first-order chi connectivity index (χ1) is 8.83. The summed E-state index contributed by atoms with van der Waals surface area (Å²) in [5.74, 6) is 0.990. The molecule has 2 aromatic rings. The van der Waals surface area contributed by atoms with Crippen LogP contribution in [0.5, 0.6) is 5.75 Å². The maximum Gasteiger partial charge on any atom is 0.122 e. The van der Waals surface area contributed by atoms with E-state index >= 15 is 0 Å². The van der Waals surface area contributed by atoms with Gasteiger partial charge in [0.05, 0.1) is 0 Å². The molecule has 0 amide bonds. The van der Waals surface area contributed by atoms with E-state index in [1.165, 1.54) is 16.7 Å². The molecule has 18 heavy (non-hydrogen) atoms. The maximum absolute atomic E-state index is 5.90. The van der Waals surface area contributed by atoms with Crippen LogP contribution in [0.1, 0.15) is 23.6 Å². The molecule has 0 saturated carbocycles. The van der Waals surface area contributed by atoms with Gasteiger partial charge in [-0.3, -0.25) is 0 Å². The zero-order valence-corrected chi connectivity index (χ0v) is 12.1. The lowest BCUT2D eigenvalue weighted by molar-refractivity contribution is 0.303. The van der Waals surface area contributed by atoms with E-state index in [-0.39, 0.29) is 0 Å². The molecular weight excluding hydrogens is 288 g/mol. The Hall–Kier alpha value is -1.28. The Morgan fingerprint density at radius 2 is 1.78 bits per heavy atom. The number of para-hydroxylation sites is 1. The number of rotatable bonds is 5. The molecule has 0 unspecified atom stereocenters. The number of ether oxygens (including phenoxy) is 1. The number of halogens is 1.